The first-order chi connectivity index (χ1) is 6.70. The molecule has 0 aromatic carbocycles. The smallest absolute Gasteiger partial charge is 0.0169 e. The molecule has 86 valence electrons. The van der Waals surface area contributed by atoms with E-state index < -0.39 is 0 Å². The molecule has 0 aromatic rings. The van der Waals surface area contributed by atoms with Gasteiger partial charge in [-0.1, -0.05) is 52.9 Å². The molecule has 2 unspecified atom stereocenters. The van der Waals surface area contributed by atoms with Crippen molar-refractivity contribution in [1.29, 1.82) is 0 Å². The Morgan fingerprint density at radius 2 is 1.57 bits per heavy atom. The van der Waals surface area contributed by atoms with Crippen LogP contribution in [0.1, 0.15) is 59.3 Å². The molecule has 0 bridgehead atoms. The van der Waals surface area contributed by atoms with Crippen molar-refractivity contribution in [2.24, 2.45) is 11.8 Å². The Hall–Kier alpha value is 0.690. The third-order valence-electron chi connectivity index (χ3n) is 2.85. The quantitative estimate of drug-likeness (QED) is 0.374. The maximum atomic E-state index is 3.21. The summed E-state index contributed by atoms with van der Waals surface area (Å²) in [5, 5.41) is 0. The minimum Gasteiger partial charge on any atom is -0.261 e. The predicted molar refractivity (Wildman–Crippen MR) is 73.7 cm³/mol. The van der Waals surface area contributed by atoms with Crippen molar-refractivity contribution in [2.45, 2.75) is 59.3 Å². The molecular weight excluding hydrogens is 285 g/mol. The number of unbranched alkanes of at least 4 members (excludes halogenated alkanes) is 1. The zero-order valence-electron chi connectivity index (χ0n) is 9.98. The van der Waals surface area contributed by atoms with Gasteiger partial charge in [0.25, 0.3) is 0 Å². The minimum absolute atomic E-state index is 0.841. The van der Waals surface area contributed by atoms with Gasteiger partial charge in [0.05, 0.1) is 0 Å². The van der Waals surface area contributed by atoms with Gasteiger partial charge >= 0.3 is 0 Å². The van der Waals surface area contributed by atoms with E-state index in [4.69, 9.17) is 0 Å². The lowest BCUT2D eigenvalue weighted by atomic mass is 9.96. The van der Waals surface area contributed by atoms with Crippen LogP contribution in [0.15, 0.2) is 0 Å². The van der Waals surface area contributed by atoms with Crippen LogP contribution < -0.4 is 3.53 Å². The van der Waals surface area contributed by atoms with Gasteiger partial charge in [0.1, 0.15) is 0 Å². The molecule has 0 spiro atoms. The summed E-state index contributed by atoms with van der Waals surface area (Å²) in [5.74, 6) is 1.78. The molecule has 14 heavy (non-hydrogen) atoms. The number of halogens is 1. The fourth-order valence-corrected chi connectivity index (χ4v) is 2.61. The lowest BCUT2D eigenvalue weighted by Crippen LogP contribution is -2.10. The molecule has 0 fully saturated rings. The summed E-state index contributed by atoms with van der Waals surface area (Å²) >= 11 is 2.24. The number of hydrogen-bond acceptors (Lipinski definition) is 1. The molecule has 1 nitrogen and oxygen atoms in total. The van der Waals surface area contributed by atoms with Crippen LogP contribution in [0.3, 0.4) is 0 Å². The van der Waals surface area contributed by atoms with Crippen LogP contribution in [0.25, 0.3) is 0 Å². The first-order valence-electron chi connectivity index (χ1n) is 6.04. The van der Waals surface area contributed by atoms with Gasteiger partial charge in [-0.3, -0.25) is 3.53 Å². The zero-order valence-corrected chi connectivity index (χ0v) is 12.1. The van der Waals surface area contributed by atoms with Crippen LogP contribution in [0, 0.1) is 11.8 Å². The van der Waals surface area contributed by atoms with E-state index in [-0.39, 0.29) is 0 Å². The highest BCUT2D eigenvalue weighted by Gasteiger charge is 2.03. The second-order valence-electron chi connectivity index (χ2n) is 4.62. The van der Waals surface area contributed by atoms with E-state index in [1.54, 1.807) is 0 Å². The molecule has 0 aliphatic rings. The van der Waals surface area contributed by atoms with Gasteiger partial charge in [0.2, 0.25) is 0 Å². The van der Waals surface area contributed by atoms with Gasteiger partial charge in [0, 0.05) is 29.4 Å². The Kier molecular flexibility index (Phi) is 10.7. The van der Waals surface area contributed by atoms with E-state index in [1.807, 2.05) is 0 Å². The highest BCUT2D eigenvalue weighted by atomic mass is 127. The second-order valence-corrected chi connectivity index (χ2v) is 5.38. The van der Waals surface area contributed by atoms with Gasteiger partial charge in [-0.25, -0.2) is 0 Å². The van der Waals surface area contributed by atoms with Crippen molar-refractivity contribution in [3.8, 4) is 0 Å². The summed E-state index contributed by atoms with van der Waals surface area (Å²) in [6, 6.07) is 0. The monoisotopic (exact) mass is 311 g/mol. The van der Waals surface area contributed by atoms with Crippen LogP contribution in [-0.4, -0.2) is 6.54 Å². The fourth-order valence-electron chi connectivity index (χ4n) is 1.86. The molecule has 0 rings (SSSR count). The largest absolute Gasteiger partial charge is 0.261 e. The number of rotatable bonds is 9. The first-order valence-corrected chi connectivity index (χ1v) is 7.12. The Morgan fingerprint density at radius 3 is 2.07 bits per heavy atom. The number of nitrogens with one attached hydrogen (secondary N) is 1. The van der Waals surface area contributed by atoms with Crippen molar-refractivity contribution >= 4 is 22.9 Å². The Labute approximate surface area is 104 Å². The molecule has 2 atom stereocenters. The highest BCUT2D eigenvalue weighted by Crippen LogP contribution is 2.16. The summed E-state index contributed by atoms with van der Waals surface area (Å²) in [6.07, 6.45) is 8.40. The lowest BCUT2D eigenvalue weighted by molar-refractivity contribution is 0.430. The van der Waals surface area contributed by atoms with E-state index in [9.17, 15) is 0 Å². The van der Waals surface area contributed by atoms with E-state index in [2.05, 4.69) is 47.2 Å². The number of hydrogen-bond donors (Lipinski definition) is 1. The predicted octanol–water partition coefficient (Wildman–Crippen LogP) is 4.56. The van der Waals surface area contributed by atoms with Crippen LogP contribution >= 0.6 is 22.9 Å². The summed E-state index contributed by atoms with van der Waals surface area (Å²) in [7, 11) is 0. The third-order valence-corrected chi connectivity index (χ3v) is 3.29. The molecule has 1 N–H and O–H groups in total. The maximum absolute atomic E-state index is 3.21. The van der Waals surface area contributed by atoms with Crippen molar-refractivity contribution in [3.63, 3.8) is 0 Å². The van der Waals surface area contributed by atoms with Gasteiger partial charge in [-0.2, -0.15) is 0 Å². The van der Waals surface area contributed by atoms with Crippen LogP contribution in [0.2, 0.25) is 0 Å². The van der Waals surface area contributed by atoms with Crippen LogP contribution in [0.4, 0.5) is 0 Å². The first kappa shape index (κ1) is 14.7. The summed E-state index contributed by atoms with van der Waals surface area (Å²) in [4.78, 5) is 0. The standard InChI is InChI=1S/C12H26IN/c1-4-7-11(2)8-5-6-9-12(3)10-14-13/h11-12,14H,4-10H2,1-3H3. The maximum Gasteiger partial charge on any atom is 0.0169 e. The molecule has 0 saturated carbocycles. The van der Waals surface area contributed by atoms with Crippen molar-refractivity contribution in [2.75, 3.05) is 6.54 Å². The zero-order chi connectivity index (χ0) is 10.8. The SMILES string of the molecule is CCCC(C)CCCCC(C)CNI. The van der Waals surface area contributed by atoms with Crippen molar-refractivity contribution in [3.05, 3.63) is 0 Å². The van der Waals surface area contributed by atoms with E-state index in [0.717, 1.165) is 18.4 Å². The molecule has 0 aliphatic heterocycles. The van der Waals surface area contributed by atoms with Gasteiger partial charge < -0.3 is 0 Å². The Balaban J connectivity index is 3.19. The minimum atomic E-state index is 0.841. The molecule has 2 heteroatoms. The van der Waals surface area contributed by atoms with E-state index in [1.165, 1.54) is 38.5 Å². The van der Waals surface area contributed by atoms with Gasteiger partial charge in [-0.15, -0.1) is 0 Å². The molecule has 0 heterocycles. The molecule has 0 saturated heterocycles. The average molecular weight is 311 g/mol. The summed E-state index contributed by atoms with van der Waals surface area (Å²) < 4.78 is 3.21. The van der Waals surface area contributed by atoms with Crippen LogP contribution in [0.5, 0.6) is 0 Å². The normalized spacial score (nSPS) is 15.4. The Morgan fingerprint density at radius 1 is 1.00 bits per heavy atom. The van der Waals surface area contributed by atoms with Gasteiger partial charge in [0.15, 0.2) is 0 Å². The van der Waals surface area contributed by atoms with Crippen LogP contribution in [-0.2, 0) is 0 Å². The van der Waals surface area contributed by atoms with Gasteiger partial charge in [-0.05, 0) is 18.3 Å². The molecular formula is C12H26IN. The molecule has 0 aromatic heterocycles. The van der Waals surface area contributed by atoms with E-state index >= 15 is 0 Å². The molecule has 0 radical (unpaired) electrons. The lowest BCUT2D eigenvalue weighted by Gasteiger charge is -2.12. The topological polar surface area (TPSA) is 12.0 Å². The third kappa shape index (κ3) is 9.25. The van der Waals surface area contributed by atoms with Crippen molar-refractivity contribution < 1.29 is 0 Å². The summed E-state index contributed by atoms with van der Waals surface area (Å²) in [5.41, 5.74) is 0. The highest BCUT2D eigenvalue weighted by molar-refractivity contribution is 14.1. The fraction of sp³-hybridized carbons (Fsp3) is 1.00. The average Bonchev–Trinajstić information content (AvgIpc) is 2.13. The van der Waals surface area contributed by atoms with E-state index in [0.29, 0.717) is 0 Å². The molecule has 0 aliphatic carbocycles. The Bertz CT molecular complexity index is 103. The second kappa shape index (κ2) is 10.2. The summed E-state index contributed by atoms with van der Waals surface area (Å²) in [6.45, 7) is 8.16. The molecule has 0 amide bonds. The van der Waals surface area contributed by atoms with Crippen molar-refractivity contribution in [1.82, 2.24) is 3.53 Å².